The number of amides is 1. The summed E-state index contributed by atoms with van der Waals surface area (Å²) in [6.07, 6.45) is 7.72. The van der Waals surface area contributed by atoms with Crippen LogP contribution >= 0.6 is 35.3 Å². The number of fused-ring (bicyclic) bond motifs is 1. The summed E-state index contributed by atoms with van der Waals surface area (Å²) in [5, 5.41) is 11.0. The maximum Gasteiger partial charge on any atom is 1.00 e. The minimum absolute atomic E-state index is 0. The van der Waals surface area contributed by atoms with Crippen molar-refractivity contribution in [1.29, 1.82) is 0 Å². The van der Waals surface area contributed by atoms with E-state index in [1.54, 1.807) is 6.08 Å². The fourth-order valence-corrected chi connectivity index (χ4v) is 6.24. The third kappa shape index (κ3) is 5.02. The predicted octanol–water partition coefficient (Wildman–Crippen LogP) is -2.13. The van der Waals surface area contributed by atoms with Gasteiger partial charge in [-0.05, 0) is 43.7 Å². The van der Waals surface area contributed by atoms with Crippen molar-refractivity contribution in [2.45, 2.75) is 20.4 Å². The number of rotatable bonds is 5. The van der Waals surface area contributed by atoms with Crippen molar-refractivity contribution in [3.63, 3.8) is 0 Å². The Morgan fingerprint density at radius 3 is 2.50 bits per heavy atom. The van der Waals surface area contributed by atoms with Crippen molar-refractivity contribution in [2.24, 2.45) is 0 Å². The van der Waals surface area contributed by atoms with Crippen LogP contribution in [0, 0.1) is 0 Å². The molecule has 0 bridgehead atoms. The van der Waals surface area contributed by atoms with Crippen molar-refractivity contribution in [1.82, 2.24) is 9.47 Å². The second kappa shape index (κ2) is 11.2. The Labute approximate surface area is 232 Å². The zero-order chi connectivity index (χ0) is 23.7. The summed E-state index contributed by atoms with van der Waals surface area (Å²) < 4.78 is 2.61. The molecule has 170 valence electrons. The molecular weight excluding hydrogens is 501 g/mol. The Balaban J connectivity index is 0.00000324. The van der Waals surface area contributed by atoms with Crippen LogP contribution in [-0.4, -0.2) is 38.8 Å². The Kier molecular flexibility index (Phi) is 8.77. The van der Waals surface area contributed by atoms with E-state index in [9.17, 15) is 19.5 Å². The smallest absolute Gasteiger partial charge is 0.548 e. The molecule has 1 aromatic carbocycles. The van der Waals surface area contributed by atoms with Crippen LogP contribution in [-0.2, 0) is 16.1 Å². The van der Waals surface area contributed by atoms with E-state index in [1.807, 2.05) is 37.3 Å². The van der Waals surface area contributed by atoms with Gasteiger partial charge in [0.2, 0.25) is 0 Å². The van der Waals surface area contributed by atoms with E-state index in [4.69, 9.17) is 12.2 Å². The van der Waals surface area contributed by atoms with Gasteiger partial charge >= 0.3 is 29.6 Å². The third-order valence-corrected chi connectivity index (χ3v) is 7.96. The maximum absolute atomic E-state index is 13.0. The molecule has 0 saturated carbocycles. The Morgan fingerprint density at radius 1 is 1.09 bits per heavy atom. The summed E-state index contributed by atoms with van der Waals surface area (Å²) in [5.74, 6) is -1.92. The molecule has 2 aliphatic heterocycles. The molecule has 11 heteroatoms. The van der Waals surface area contributed by atoms with Gasteiger partial charge in [-0.15, -0.1) is 11.3 Å². The van der Waals surface area contributed by atoms with E-state index in [1.165, 1.54) is 15.9 Å². The molecule has 34 heavy (non-hydrogen) atoms. The number of carboxylic acid groups (broad SMARTS) is 1. The molecule has 0 spiro atoms. The van der Waals surface area contributed by atoms with Gasteiger partial charge in [0.15, 0.2) is 0 Å². The van der Waals surface area contributed by atoms with Crippen LogP contribution in [0.5, 0.6) is 0 Å². The molecular formula is C23H20N3NaO4S3. The topological polar surface area (TPSA) is 85.7 Å². The summed E-state index contributed by atoms with van der Waals surface area (Å²) in [5.41, 5.74) is 2.98. The van der Waals surface area contributed by atoms with Crippen LogP contribution in [0.15, 0.2) is 46.9 Å². The molecule has 1 aromatic heterocycles. The first kappa shape index (κ1) is 26.7. The van der Waals surface area contributed by atoms with Gasteiger partial charge in [-0.1, -0.05) is 48.3 Å². The molecule has 0 unspecified atom stereocenters. The molecule has 4 rings (SSSR count). The number of carboxylic acids is 1. The Bertz CT molecular complexity index is 1410. The number of carbonyl (C=O) groups is 2. The van der Waals surface area contributed by atoms with Gasteiger partial charge in [-0.3, -0.25) is 19.1 Å². The van der Waals surface area contributed by atoms with Crippen molar-refractivity contribution in [3.8, 4) is 0 Å². The molecule has 0 atom stereocenters. The van der Waals surface area contributed by atoms with Crippen LogP contribution in [0.4, 0.5) is 5.69 Å². The van der Waals surface area contributed by atoms with Crippen LogP contribution in [0.3, 0.4) is 0 Å². The minimum atomic E-state index is -1.39. The monoisotopic (exact) mass is 521 g/mol. The first-order chi connectivity index (χ1) is 15.8. The van der Waals surface area contributed by atoms with E-state index < -0.39 is 18.4 Å². The summed E-state index contributed by atoms with van der Waals surface area (Å²) in [4.78, 5) is 40.2. The van der Waals surface area contributed by atoms with E-state index in [0.29, 0.717) is 15.7 Å². The number of carbonyl (C=O) groups excluding carboxylic acids is 2. The van der Waals surface area contributed by atoms with E-state index in [2.05, 4.69) is 24.0 Å². The van der Waals surface area contributed by atoms with Gasteiger partial charge in [-0.2, -0.15) is 0 Å². The first-order valence-corrected chi connectivity index (χ1v) is 12.3. The maximum atomic E-state index is 13.0. The number of thiazole rings is 1. The number of aromatic nitrogens is 1. The van der Waals surface area contributed by atoms with Crippen LogP contribution in [0.2, 0.25) is 0 Å². The van der Waals surface area contributed by atoms with E-state index >= 15 is 0 Å². The third-order valence-electron chi connectivity index (χ3n) is 5.25. The van der Waals surface area contributed by atoms with E-state index in [-0.39, 0.29) is 44.3 Å². The number of thioether (sulfide) groups is 1. The van der Waals surface area contributed by atoms with Crippen molar-refractivity contribution in [3.05, 3.63) is 67.2 Å². The number of likely N-dealkylation sites (N-methyl/N-ethyl adjacent to an activating group) is 1. The molecule has 1 amide bonds. The fourth-order valence-electron chi connectivity index (χ4n) is 3.72. The zero-order valence-electron chi connectivity index (χ0n) is 18.9. The van der Waals surface area contributed by atoms with Crippen molar-refractivity contribution >= 4 is 74.3 Å². The van der Waals surface area contributed by atoms with Gasteiger partial charge in [0.1, 0.15) is 13.9 Å². The summed E-state index contributed by atoms with van der Waals surface area (Å²) in [6, 6.07) is 8.11. The van der Waals surface area contributed by atoms with Gasteiger partial charge in [-0.25, -0.2) is 0 Å². The normalized spacial score (nSPS) is 18.5. The molecule has 0 radical (unpaired) electrons. The summed E-state index contributed by atoms with van der Waals surface area (Å²) in [6.45, 7) is 4.42. The number of allylic oxidation sites excluding steroid dienone is 2. The number of benzene rings is 1. The molecule has 3 heterocycles. The number of hydrogen-bond acceptors (Lipinski definition) is 8. The Morgan fingerprint density at radius 2 is 1.82 bits per heavy atom. The van der Waals surface area contributed by atoms with E-state index in [0.717, 1.165) is 40.2 Å². The van der Waals surface area contributed by atoms with Crippen LogP contribution in [0.25, 0.3) is 17.1 Å². The molecule has 7 nitrogen and oxygen atoms in total. The average molecular weight is 522 g/mol. The van der Waals surface area contributed by atoms with Gasteiger partial charge < -0.3 is 14.8 Å². The average Bonchev–Trinajstić information content (AvgIpc) is 3.26. The second-order valence-corrected chi connectivity index (χ2v) is 9.85. The number of anilines is 1. The number of thiocarbonyl (C=S) groups is 1. The molecule has 1 fully saturated rings. The number of aliphatic carboxylic acids is 1. The van der Waals surface area contributed by atoms with Crippen molar-refractivity contribution < 1.29 is 44.3 Å². The van der Waals surface area contributed by atoms with Crippen LogP contribution < -0.4 is 54.3 Å². The summed E-state index contributed by atoms with van der Waals surface area (Å²) in [7, 11) is 0. The second-order valence-electron chi connectivity index (χ2n) is 7.18. The molecule has 2 aliphatic rings. The summed E-state index contributed by atoms with van der Waals surface area (Å²) >= 11 is 7.37. The molecule has 0 N–H and O–H groups in total. The predicted molar refractivity (Wildman–Crippen MR) is 135 cm³/mol. The first-order valence-electron chi connectivity index (χ1n) is 10.3. The van der Waals surface area contributed by atoms with Gasteiger partial charge in [0.25, 0.3) is 11.5 Å². The van der Waals surface area contributed by atoms with Gasteiger partial charge in [0, 0.05) is 24.5 Å². The zero-order valence-corrected chi connectivity index (χ0v) is 23.4. The Hall–Kier alpha value is -1.95. The largest absolute Gasteiger partial charge is 1.00 e. The van der Waals surface area contributed by atoms with Gasteiger partial charge in [0.05, 0.1) is 17.0 Å². The molecule has 2 aromatic rings. The standard InChI is InChI=1S/C23H21N3O4S3.Na/c1-3-24-15(10-9-14-7-5-6-8-16(14)24)11-12-17-20(29)25(4-2)22(32-17)19-21(30)26(13-18(27)28)23(31)33-19;/h5-12H,3-4,13H2,1-2H3,(H,27,28);/q;+1/p-1/b15-11?,17-12?,22-19-;. The molecule has 1 saturated heterocycles. The number of nitrogens with zero attached hydrogens (tertiary/aromatic N) is 3. The SMILES string of the molecule is CCN1C(=CC=c2s/c(=C3\SC(=S)N(CC(=O)[O-])C3=O)n(CC)c2=O)C=Cc2ccccc21.[Na+]. The van der Waals surface area contributed by atoms with Crippen molar-refractivity contribution in [2.75, 3.05) is 18.0 Å². The quantitative estimate of drug-likeness (QED) is 0.328. The number of hydrogen-bond donors (Lipinski definition) is 0. The number of para-hydroxylation sites is 1. The molecule has 0 aliphatic carbocycles. The van der Waals surface area contributed by atoms with Crippen LogP contribution in [0.1, 0.15) is 19.4 Å². The fraction of sp³-hybridized carbons (Fsp3) is 0.217. The minimum Gasteiger partial charge on any atom is -0.548 e.